The first-order valence-corrected chi connectivity index (χ1v) is 7.36. The maximum absolute atomic E-state index is 5.52. The Balaban J connectivity index is 1.88. The van der Waals surface area contributed by atoms with Crippen LogP contribution in [0.2, 0.25) is 0 Å². The zero-order valence-corrected chi connectivity index (χ0v) is 12.3. The molecule has 2 aromatic carbocycles. The summed E-state index contributed by atoms with van der Waals surface area (Å²) in [5.41, 5.74) is 4.13. The second kappa shape index (κ2) is 7.32. The van der Waals surface area contributed by atoms with Crippen LogP contribution in [0.1, 0.15) is 17.5 Å². The number of hydrogen-bond donors (Lipinski definition) is 0. The van der Waals surface area contributed by atoms with Crippen molar-refractivity contribution in [3.63, 3.8) is 0 Å². The summed E-state index contributed by atoms with van der Waals surface area (Å²) < 4.78 is 5.52. The van der Waals surface area contributed by atoms with Crippen molar-refractivity contribution in [2.24, 2.45) is 0 Å². The van der Waals surface area contributed by atoms with E-state index in [1.54, 1.807) is 0 Å². The smallest absolute Gasteiger partial charge is 0.0804 e. The van der Waals surface area contributed by atoms with Gasteiger partial charge in [0.2, 0.25) is 0 Å². The number of rotatable bonds is 0. The summed E-state index contributed by atoms with van der Waals surface area (Å²) >= 11 is 0. The van der Waals surface area contributed by atoms with Gasteiger partial charge in [-0.1, -0.05) is 60.1 Å². The summed E-state index contributed by atoms with van der Waals surface area (Å²) in [6, 6.07) is 20.0. The summed E-state index contributed by atoms with van der Waals surface area (Å²) in [4.78, 5) is 0. The Bertz CT molecular complexity index is 708. The second-order valence-electron chi connectivity index (χ2n) is 4.99. The maximum atomic E-state index is 5.52. The van der Waals surface area contributed by atoms with E-state index < -0.39 is 0 Å². The molecule has 0 atom stereocenters. The minimum atomic E-state index is 0.554. The molecular formula is C21H16O. The third-order valence-corrected chi connectivity index (χ3v) is 3.37. The van der Waals surface area contributed by atoms with Gasteiger partial charge in [0, 0.05) is 28.7 Å². The van der Waals surface area contributed by atoms with Gasteiger partial charge in [-0.3, -0.25) is 0 Å². The van der Waals surface area contributed by atoms with Crippen molar-refractivity contribution in [3.05, 3.63) is 82.9 Å². The van der Waals surface area contributed by atoms with Crippen molar-refractivity contribution in [3.8, 4) is 23.7 Å². The average molecular weight is 284 g/mol. The van der Waals surface area contributed by atoms with Crippen LogP contribution in [0.15, 0.2) is 71.8 Å². The molecule has 0 saturated carbocycles. The molecule has 0 amide bonds. The minimum absolute atomic E-state index is 0.554. The van der Waals surface area contributed by atoms with Crippen molar-refractivity contribution >= 4 is 0 Å². The van der Waals surface area contributed by atoms with E-state index >= 15 is 0 Å². The SMILES string of the molecule is C(#Cc1ccccc1)C1=C(C#Cc2ccccc2)COCC1. The lowest BCUT2D eigenvalue weighted by molar-refractivity contribution is 0.151. The van der Waals surface area contributed by atoms with E-state index in [0.29, 0.717) is 6.61 Å². The van der Waals surface area contributed by atoms with Crippen LogP contribution in [0, 0.1) is 23.7 Å². The molecule has 1 aliphatic rings. The molecule has 1 nitrogen and oxygen atoms in total. The third-order valence-electron chi connectivity index (χ3n) is 3.37. The van der Waals surface area contributed by atoms with E-state index in [1.807, 2.05) is 60.7 Å². The lowest BCUT2D eigenvalue weighted by Gasteiger charge is -2.13. The van der Waals surface area contributed by atoms with E-state index in [1.165, 1.54) is 0 Å². The fraction of sp³-hybridized carbons (Fsp3) is 0.143. The van der Waals surface area contributed by atoms with Gasteiger partial charge in [-0.25, -0.2) is 0 Å². The molecule has 1 heteroatoms. The molecule has 2 aromatic rings. The van der Waals surface area contributed by atoms with Crippen LogP contribution in [-0.2, 0) is 4.74 Å². The third kappa shape index (κ3) is 3.89. The molecule has 22 heavy (non-hydrogen) atoms. The Morgan fingerprint density at radius 2 is 1.18 bits per heavy atom. The highest BCUT2D eigenvalue weighted by molar-refractivity contribution is 5.50. The molecule has 0 unspecified atom stereocenters. The van der Waals surface area contributed by atoms with Crippen molar-refractivity contribution in [1.82, 2.24) is 0 Å². The molecule has 0 aliphatic carbocycles. The van der Waals surface area contributed by atoms with E-state index in [-0.39, 0.29) is 0 Å². The molecule has 1 heterocycles. The molecule has 0 fully saturated rings. The first-order chi connectivity index (χ1) is 10.9. The van der Waals surface area contributed by atoms with Crippen LogP contribution >= 0.6 is 0 Å². The fourth-order valence-corrected chi connectivity index (χ4v) is 2.17. The Labute approximate surface area is 131 Å². The lowest BCUT2D eigenvalue weighted by Crippen LogP contribution is -2.09. The van der Waals surface area contributed by atoms with Crippen molar-refractivity contribution < 1.29 is 4.74 Å². The zero-order chi connectivity index (χ0) is 15.0. The maximum Gasteiger partial charge on any atom is 0.0804 e. The van der Waals surface area contributed by atoms with Crippen molar-refractivity contribution in [2.75, 3.05) is 13.2 Å². The van der Waals surface area contributed by atoms with Gasteiger partial charge in [-0.15, -0.1) is 0 Å². The van der Waals surface area contributed by atoms with Gasteiger partial charge in [0.25, 0.3) is 0 Å². The first-order valence-electron chi connectivity index (χ1n) is 7.36. The van der Waals surface area contributed by atoms with E-state index in [2.05, 4.69) is 23.7 Å². The monoisotopic (exact) mass is 284 g/mol. The number of ether oxygens (including phenoxy) is 1. The van der Waals surface area contributed by atoms with Gasteiger partial charge in [-0.05, 0) is 24.3 Å². The normalized spacial score (nSPS) is 13.6. The summed E-state index contributed by atoms with van der Waals surface area (Å²) in [7, 11) is 0. The Hall–Kier alpha value is -2.74. The predicted molar refractivity (Wildman–Crippen MR) is 89.1 cm³/mol. The molecule has 106 valence electrons. The Kier molecular flexibility index (Phi) is 4.73. The highest BCUT2D eigenvalue weighted by Gasteiger charge is 2.09. The van der Waals surface area contributed by atoms with Gasteiger partial charge in [-0.2, -0.15) is 0 Å². The quantitative estimate of drug-likeness (QED) is 0.669. The average Bonchev–Trinajstić information content (AvgIpc) is 2.61. The molecule has 0 N–H and O–H groups in total. The standard InChI is InChI=1S/C21H16O/c1-3-7-18(8-4-1)11-13-20-15-16-22-17-21(20)14-12-19-9-5-2-6-10-19/h1-10H,15-17H2. The molecule has 0 radical (unpaired) electrons. The van der Waals surface area contributed by atoms with Gasteiger partial charge >= 0.3 is 0 Å². The molecule has 0 saturated heterocycles. The van der Waals surface area contributed by atoms with Crippen LogP contribution in [0.25, 0.3) is 0 Å². The van der Waals surface area contributed by atoms with Gasteiger partial charge < -0.3 is 4.74 Å². The van der Waals surface area contributed by atoms with Crippen LogP contribution in [-0.4, -0.2) is 13.2 Å². The number of hydrogen-bond acceptors (Lipinski definition) is 1. The zero-order valence-electron chi connectivity index (χ0n) is 12.3. The van der Waals surface area contributed by atoms with Crippen LogP contribution in [0.5, 0.6) is 0 Å². The topological polar surface area (TPSA) is 9.23 Å². The fourth-order valence-electron chi connectivity index (χ4n) is 2.17. The molecule has 1 aliphatic heterocycles. The van der Waals surface area contributed by atoms with Gasteiger partial charge in [0.15, 0.2) is 0 Å². The van der Waals surface area contributed by atoms with E-state index in [0.717, 1.165) is 35.3 Å². The minimum Gasteiger partial charge on any atom is -0.376 e. The van der Waals surface area contributed by atoms with Gasteiger partial charge in [0.1, 0.15) is 0 Å². The highest BCUT2D eigenvalue weighted by atomic mass is 16.5. The molecular weight excluding hydrogens is 268 g/mol. The summed E-state index contributed by atoms with van der Waals surface area (Å²) in [6.45, 7) is 1.27. The van der Waals surface area contributed by atoms with Crippen LogP contribution < -0.4 is 0 Å². The molecule has 0 aromatic heterocycles. The Morgan fingerprint density at radius 3 is 1.77 bits per heavy atom. The largest absolute Gasteiger partial charge is 0.376 e. The highest BCUT2D eigenvalue weighted by Crippen LogP contribution is 2.15. The summed E-state index contributed by atoms with van der Waals surface area (Å²) in [5.74, 6) is 12.9. The van der Waals surface area contributed by atoms with Crippen molar-refractivity contribution in [2.45, 2.75) is 6.42 Å². The molecule has 0 spiro atoms. The number of benzene rings is 2. The summed E-state index contributed by atoms with van der Waals surface area (Å²) in [6.07, 6.45) is 0.832. The second-order valence-corrected chi connectivity index (χ2v) is 4.99. The molecule has 3 rings (SSSR count). The van der Waals surface area contributed by atoms with E-state index in [4.69, 9.17) is 4.74 Å². The first kappa shape index (κ1) is 14.2. The Morgan fingerprint density at radius 1 is 0.636 bits per heavy atom. The van der Waals surface area contributed by atoms with E-state index in [9.17, 15) is 0 Å². The molecule has 0 bridgehead atoms. The van der Waals surface area contributed by atoms with Crippen molar-refractivity contribution in [1.29, 1.82) is 0 Å². The van der Waals surface area contributed by atoms with Crippen LogP contribution in [0.3, 0.4) is 0 Å². The van der Waals surface area contributed by atoms with Crippen LogP contribution in [0.4, 0.5) is 0 Å². The predicted octanol–water partition coefficient (Wildman–Crippen LogP) is 3.81. The van der Waals surface area contributed by atoms with Gasteiger partial charge in [0.05, 0.1) is 13.2 Å². The summed E-state index contributed by atoms with van der Waals surface area (Å²) in [5, 5.41) is 0. The lowest BCUT2D eigenvalue weighted by atomic mass is 10.0.